The molecular weight excluding hydrogens is 435 g/mol. The Morgan fingerprint density at radius 2 is 1.69 bits per heavy atom. The molecule has 32 heavy (non-hydrogen) atoms. The second-order valence-electron chi connectivity index (χ2n) is 7.71. The van der Waals surface area contributed by atoms with Crippen LogP contribution < -0.4 is 0 Å². The summed E-state index contributed by atoms with van der Waals surface area (Å²) in [6.45, 7) is 4.70. The molecule has 0 aliphatic rings. The van der Waals surface area contributed by atoms with Crippen molar-refractivity contribution in [2.75, 3.05) is 24.9 Å². The number of thioether (sulfide) groups is 1. The van der Waals surface area contributed by atoms with Crippen molar-refractivity contribution < 1.29 is 14.3 Å². The van der Waals surface area contributed by atoms with E-state index in [4.69, 9.17) is 9.47 Å². The van der Waals surface area contributed by atoms with Gasteiger partial charge in [0.2, 0.25) is 0 Å². The fourth-order valence-electron chi connectivity index (χ4n) is 3.85. The van der Waals surface area contributed by atoms with Crippen LogP contribution in [0.3, 0.4) is 0 Å². The van der Waals surface area contributed by atoms with E-state index >= 15 is 0 Å². The van der Waals surface area contributed by atoms with Crippen molar-refractivity contribution in [2.24, 2.45) is 0 Å². The van der Waals surface area contributed by atoms with Crippen molar-refractivity contribution in [2.45, 2.75) is 43.6 Å². The van der Waals surface area contributed by atoms with Gasteiger partial charge < -0.3 is 9.47 Å². The van der Waals surface area contributed by atoms with Crippen molar-refractivity contribution >= 4 is 37.1 Å². The normalized spacial score (nSPS) is 13.4. The van der Waals surface area contributed by atoms with Crippen LogP contribution in [0.2, 0.25) is 0 Å². The van der Waals surface area contributed by atoms with Crippen LogP contribution >= 0.6 is 20.3 Å². The second-order valence-corrected chi connectivity index (χ2v) is 10.5. The predicted octanol–water partition coefficient (Wildman–Crippen LogP) is 6.93. The number of aryl methyl sites for hydroxylation is 1. The third-order valence-electron chi connectivity index (χ3n) is 5.43. The van der Waals surface area contributed by atoms with Crippen LogP contribution in [0.1, 0.15) is 32.3 Å². The van der Waals surface area contributed by atoms with Crippen molar-refractivity contribution in [1.29, 1.82) is 0 Å². The third-order valence-corrected chi connectivity index (χ3v) is 8.23. The van der Waals surface area contributed by atoms with Gasteiger partial charge in [0.25, 0.3) is 0 Å². The molecule has 5 heteroatoms. The number of esters is 1. The highest BCUT2D eigenvalue weighted by atomic mass is 32.2. The maximum atomic E-state index is 13.0. The molecule has 0 aliphatic heterocycles. The summed E-state index contributed by atoms with van der Waals surface area (Å²) in [4.78, 5) is 14.2. The van der Waals surface area contributed by atoms with Gasteiger partial charge in [-0.3, -0.25) is 0 Å². The van der Waals surface area contributed by atoms with E-state index < -0.39 is 5.60 Å². The quantitative estimate of drug-likeness (QED) is 0.118. The SMILES string of the molecule is CCOC(=O)C(CCCc1ccccc1)(CPCSc1ccc2ccccc2c1)OCC. The van der Waals surface area contributed by atoms with Gasteiger partial charge in [-0.15, -0.1) is 20.3 Å². The molecular formula is C27H33O3PS. The monoisotopic (exact) mass is 468 g/mol. The minimum absolute atomic E-state index is 0.210. The van der Waals surface area contributed by atoms with Gasteiger partial charge >= 0.3 is 5.97 Å². The smallest absolute Gasteiger partial charge is 0.338 e. The molecule has 0 radical (unpaired) electrons. The summed E-state index contributed by atoms with van der Waals surface area (Å²) in [5.74, 6) is -0.210. The molecule has 0 aromatic heterocycles. The number of carbonyl (C=O) groups excluding carboxylic acids is 1. The first-order valence-electron chi connectivity index (χ1n) is 11.3. The van der Waals surface area contributed by atoms with Crippen LogP contribution in [0.4, 0.5) is 0 Å². The van der Waals surface area contributed by atoms with Crippen molar-refractivity contribution in [3.05, 3.63) is 78.4 Å². The lowest BCUT2D eigenvalue weighted by atomic mass is 9.96. The number of rotatable bonds is 13. The molecule has 2 atom stereocenters. The summed E-state index contributed by atoms with van der Waals surface area (Å²) >= 11 is 1.84. The molecule has 0 fully saturated rings. The van der Waals surface area contributed by atoms with Gasteiger partial charge in [0.15, 0.2) is 5.60 Å². The summed E-state index contributed by atoms with van der Waals surface area (Å²) in [7, 11) is 0.608. The van der Waals surface area contributed by atoms with Crippen molar-refractivity contribution in [1.82, 2.24) is 0 Å². The molecule has 0 N–H and O–H groups in total. The van der Waals surface area contributed by atoms with E-state index in [9.17, 15) is 4.79 Å². The molecule has 0 saturated carbocycles. The zero-order valence-corrected chi connectivity index (χ0v) is 20.8. The molecule has 0 aliphatic carbocycles. The van der Waals surface area contributed by atoms with Gasteiger partial charge in [-0.05, 0) is 61.6 Å². The average Bonchev–Trinajstić information content (AvgIpc) is 2.82. The largest absolute Gasteiger partial charge is 0.464 e. The van der Waals surface area contributed by atoms with E-state index in [1.807, 2.05) is 31.7 Å². The first-order valence-corrected chi connectivity index (χ1v) is 13.7. The highest BCUT2D eigenvalue weighted by Gasteiger charge is 2.39. The Hall–Kier alpha value is -1.87. The highest BCUT2D eigenvalue weighted by molar-refractivity contribution is 8.03. The van der Waals surface area contributed by atoms with E-state index in [0.29, 0.717) is 34.4 Å². The maximum absolute atomic E-state index is 13.0. The molecule has 0 saturated heterocycles. The molecule has 170 valence electrons. The van der Waals surface area contributed by atoms with Gasteiger partial charge in [0, 0.05) is 23.2 Å². The van der Waals surface area contributed by atoms with Crippen LogP contribution in [0.5, 0.6) is 0 Å². The van der Waals surface area contributed by atoms with E-state index in [1.54, 1.807) is 0 Å². The Balaban J connectivity index is 1.60. The number of hydrogen-bond acceptors (Lipinski definition) is 4. The van der Waals surface area contributed by atoms with Crippen LogP contribution in [-0.2, 0) is 20.7 Å². The van der Waals surface area contributed by atoms with Gasteiger partial charge in [-0.2, -0.15) is 0 Å². The first kappa shape index (κ1) is 24.8. The Morgan fingerprint density at radius 3 is 2.44 bits per heavy atom. The van der Waals surface area contributed by atoms with E-state index in [1.165, 1.54) is 21.2 Å². The summed E-state index contributed by atoms with van der Waals surface area (Å²) in [6.07, 6.45) is 3.21. The van der Waals surface area contributed by atoms with E-state index in [2.05, 4.69) is 66.7 Å². The van der Waals surface area contributed by atoms with Gasteiger partial charge in [-0.1, -0.05) is 60.7 Å². The van der Waals surface area contributed by atoms with Gasteiger partial charge in [0.05, 0.1) is 6.61 Å². The number of benzene rings is 3. The average molecular weight is 469 g/mol. The molecule has 3 aromatic carbocycles. The predicted molar refractivity (Wildman–Crippen MR) is 138 cm³/mol. The van der Waals surface area contributed by atoms with Crippen LogP contribution in [-0.4, -0.2) is 36.4 Å². The Morgan fingerprint density at radius 1 is 0.938 bits per heavy atom. The molecule has 3 nitrogen and oxygen atoms in total. The third kappa shape index (κ3) is 7.07. The van der Waals surface area contributed by atoms with Crippen molar-refractivity contribution in [3.63, 3.8) is 0 Å². The number of carbonyl (C=O) groups is 1. The molecule has 0 heterocycles. The first-order chi connectivity index (χ1) is 15.7. The molecule has 3 aromatic rings. The lowest BCUT2D eigenvalue weighted by Gasteiger charge is -2.31. The van der Waals surface area contributed by atoms with Crippen molar-refractivity contribution in [3.8, 4) is 0 Å². The Bertz CT molecular complexity index is 979. The summed E-state index contributed by atoms with van der Waals surface area (Å²) in [6, 6.07) is 25.4. The van der Waals surface area contributed by atoms with E-state index in [-0.39, 0.29) is 5.97 Å². The molecule has 3 rings (SSSR count). The fraction of sp³-hybridized carbons (Fsp3) is 0.370. The number of ether oxygens (including phenoxy) is 2. The summed E-state index contributed by atoms with van der Waals surface area (Å²) in [5.41, 5.74) is 1.41. The van der Waals surface area contributed by atoms with Gasteiger partial charge in [-0.25, -0.2) is 4.79 Å². The molecule has 0 spiro atoms. The second kappa shape index (κ2) is 13.0. The minimum atomic E-state index is -0.845. The standard InChI is InChI=1S/C27H33O3PS/c1-3-29-26(28)27(30-4-2,18-10-13-22-11-6-5-7-12-22)20-31-21-32-25-17-16-23-14-8-9-15-24(23)19-25/h5-9,11-12,14-17,19,31H,3-4,10,13,18,20-21H2,1-2H3. The van der Waals surface area contributed by atoms with Crippen LogP contribution in [0.15, 0.2) is 77.7 Å². The van der Waals surface area contributed by atoms with E-state index in [0.717, 1.165) is 18.3 Å². The van der Waals surface area contributed by atoms with Crippen LogP contribution in [0, 0.1) is 0 Å². The highest BCUT2D eigenvalue weighted by Crippen LogP contribution is 2.34. The number of hydrogen-bond donors (Lipinski definition) is 0. The topological polar surface area (TPSA) is 35.5 Å². The fourth-order valence-corrected chi connectivity index (χ4v) is 6.54. The molecule has 2 unspecified atom stereocenters. The summed E-state index contributed by atoms with van der Waals surface area (Å²) in [5, 5.41) is 2.52. The zero-order chi connectivity index (χ0) is 22.7. The molecule has 0 amide bonds. The lowest BCUT2D eigenvalue weighted by Crippen LogP contribution is -2.45. The number of fused-ring (bicyclic) bond motifs is 1. The summed E-state index contributed by atoms with van der Waals surface area (Å²) < 4.78 is 11.6. The van der Waals surface area contributed by atoms with Gasteiger partial charge in [0.1, 0.15) is 0 Å². The maximum Gasteiger partial charge on any atom is 0.338 e. The minimum Gasteiger partial charge on any atom is -0.464 e. The lowest BCUT2D eigenvalue weighted by molar-refractivity contribution is -0.169. The Kier molecular flexibility index (Phi) is 10.1. The zero-order valence-electron chi connectivity index (χ0n) is 19.0. The van der Waals surface area contributed by atoms with Crippen LogP contribution in [0.25, 0.3) is 10.8 Å². The molecule has 0 bridgehead atoms. The Labute approximate surface area is 198 Å².